The Morgan fingerprint density at radius 2 is 2.21 bits per heavy atom. The highest BCUT2D eigenvalue weighted by atomic mass is 79.9. The number of halogens is 2. The summed E-state index contributed by atoms with van der Waals surface area (Å²) in [5.74, 6) is -0.211. The number of nitrogens with two attached hydrogens (primary N) is 1. The van der Waals surface area contributed by atoms with E-state index in [1.165, 1.54) is 6.07 Å². The van der Waals surface area contributed by atoms with Crippen molar-refractivity contribution in [3.63, 3.8) is 0 Å². The molecule has 2 aromatic rings. The first kappa shape index (κ1) is 14.2. The fraction of sp³-hybridized carbons (Fsp3) is 0.357. The number of benzene rings is 1. The quantitative estimate of drug-likeness (QED) is 0.934. The molecule has 0 saturated carbocycles. The van der Waals surface area contributed by atoms with E-state index in [1.54, 1.807) is 25.3 Å². The normalized spacial score (nSPS) is 12.7. The van der Waals surface area contributed by atoms with E-state index in [9.17, 15) is 4.39 Å². The number of rotatable bonds is 4. The van der Waals surface area contributed by atoms with Crippen molar-refractivity contribution in [1.82, 2.24) is 9.78 Å². The number of hydrogen-bond donors (Lipinski definition) is 1. The summed E-state index contributed by atoms with van der Waals surface area (Å²) in [6.45, 7) is 4.64. The number of hydrogen-bond acceptors (Lipinski definition) is 2. The largest absolute Gasteiger partial charge is 0.319 e. The second-order valence-corrected chi connectivity index (χ2v) is 5.44. The zero-order chi connectivity index (χ0) is 14.0. The maximum Gasteiger partial charge on any atom is 0.126 e. The van der Waals surface area contributed by atoms with Crippen LogP contribution in [0.3, 0.4) is 0 Å². The molecule has 19 heavy (non-hydrogen) atoms. The van der Waals surface area contributed by atoms with Crippen molar-refractivity contribution < 1.29 is 4.39 Å². The molecule has 0 fully saturated rings. The first-order valence-electron chi connectivity index (χ1n) is 6.27. The summed E-state index contributed by atoms with van der Waals surface area (Å²) in [7, 11) is 0. The van der Waals surface area contributed by atoms with Crippen LogP contribution in [0, 0.1) is 12.7 Å². The van der Waals surface area contributed by atoms with E-state index < -0.39 is 0 Å². The smallest absolute Gasteiger partial charge is 0.126 e. The standard InChI is InChI=1S/C14H17BrFN3/c1-3-6-19-14(11(15)8-18-19)13(17)10-4-5-12(16)9(2)7-10/h4-5,7-8,13H,3,6,17H2,1-2H3. The van der Waals surface area contributed by atoms with Gasteiger partial charge in [0.15, 0.2) is 0 Å². The van der Waals surface area contributed by atoms with Crippen LogP contribution in [-0.2, 0) is 6.54 Å². The molecule has 0 aliphatic heterocycles. The molecule has 0 spiro atoms. The monoisotopic (exact) mass is 325 g/mol. The maximum absolute atomic E-state index is 13.3. The Morgan fingerprint density at radius 3 is 2.84 bits per heavy atom. The maximum atomic E-state index is 13.3. The minimum Gasteiger partial charge on any atom is -0.319 e. The van der Waals surface area contributed by atoms with E-state index in [0.717, 1.165) is 28.7 Å². The summed E-state index contributed by atoms with van der Waals surface area (Å²) in [5, 5.41) is 4.31. The van der Waals surface area contributed by atoms with E-state index in [2.05, 4.69) is 28.0 Å². The van der Waals surface area contributed by atoms with Gasteiger partial charge in [-0.15, -0.1) is 0 Å². The van der Waals surface area contributed by atoms with Crippen molar-refractivity contribution in [2.24, 2.45) is 5.73 Å². The topological polar surface area (TPSA) is 43.8 Å². The molecule has 0 amide bonds. The van der Waals surface area contributed by atoms with Crippen LogP contribution in [0.1, 0.15) is 36.2 Å². The third-order valence-corrected chi connectivity index (χ3v) is 3.72. The summed E-state index contributed by atoms with van der Waals surface area (Å²) in [6, 6.07) is 4.65. The average molecular weight is 326 g/mol. The molecule has 2 rings (SSSR count). The lowest BCUT2D eigenvalue weighted by atomic mass is 10.0. The molecule has 1 atom stereocenters. The SMILES string of the molecule is CCCn1ncc(Br)c1C(N)c1ccc(F)c(C)c1. The second-order valence-electron chi connectivity index (χ2n) is 4.59. The highest BCUT2D eigenvalue weighted by Crippen LogP contribution is 2.27. The Bertz CT molecular complexity index is 580. The van der Waals surface area contributed by atoms with E-state index in [1.807, 2.05) is 4.68 Å². The molecule has 5 heteroatoms. The molecular weight excluding hydrogens is 309 g/mol. The van der Waals surface area contributed by atoms with Gasteiger partial charge >= 0.3 is 0 Å². The third kappa shape index (κ3) is 2.87. The molecule has 0 bridgehead atoms. The van der Waals surface area contributed by atoms with Gasteiger partial charge in [-0.25, -0.2) is 4.39 Å². The number of aryl methyl sites for hydroxylation is 2. The van der Waals surface area contributed by atoms with Crippen LogP contribution in [0.15, 0.2) is 28.9 Å². The summed E-state index contributed by atoms with van der Waals surface area (Å²) in [6.07, 6.45) is 2.73. The van der Waals surface area contributed by atoms with Crippen molar-refractivity contribution in [3.8, 4) is 0 Å². The molecule has 0 radical (unpaired) electrons. The van der Waals surface area contributed by atoms with Gasteiger partial charge in [-0.1, -0.05) is 19.1 Å². The van der Waals surface area contributed by atoms with Crippen LogP contribution < -0.4 is 5.73 Å². The molecule has 1 heterocycles. The highest BCUT2D eigenvalue weighted by Gasteiger charge is 2.18. The molecule has 1 unspecified atom stereocenters. The number of aromatic nitrogens is 2. The zero-order valence-corrected chi connectivity index (χ0v) is 12.6. The van der Waals surface area contributed by atoms with Gasteiger partial charge in [0.05, 0.1) is 22.4 Å². The Morgan fingerprint density at radius 1 is 1.47 bits per heavy atom. The summed E-state index contributed by atoms with van der Waals surface area (Å²) < 4.78 is 16.1. The van der Waals surface area contributed by atoms with Gasteiger partial charge in [0, 0.05) is 6.54 Å². The lowest BCUT2D eigenvalue weighted by Crippen LogP contribution is -2.18. The Balaban J connectivity index is 2.40. The third-order valence-electron chi connectivity index (χ3n) is 3.10. The van der Waals surface area contributed by atoms with Crippen molar-refractivity contribution in [1.29, 1.82) is 0 Å². The van der Waals surface area contributed by atoms with Crippen molar-refractivity contribution in [2.45, 2.75) is 32.9 Å². The van der Waals surface area contributed by atoms with Gasteiger partial charge in [0.2, 0.25) is 0 Å². The predicted octanol–water partition coefficient (Wildman–Crippen LogP) is 3.55. The first-order chi connectivity index (χ1) is 9.04. The zero-order valence-electron chi connectivity index (χ0n) is 11.0. The van der Waals surface area contributed by atoms with Crippen molar-refractivity contribution >= 4 is 15.9 Å². The Kier molecular flexibility index (Phi) is 4.37. The second kappa shape index (κ2) is 5.84. The van der Waals surface area contributed by atoms with E-state index in [0.29, 0.717) is 5.56 Å². The summed E-state index contributed by atoms with van der Waals surface area (Å²) in [5.41, 5.74) is 8.71. The molecule has 0 aliphatic carbocycles. The summed E-state index contributed by atoms with van der Waals surface area (Å²) in [4.78, 5) is 0. The molecule has 1 aromatic heterocycles. The van der Waals surface area contributed by atoms with Crippen LogP contribution in [0.25, 0.3) is 0 Å². The van der Waals surface area contributed by atoms with Crippen LogP contribution in [-0.4, -0.2) is 9.78 Å². The van der Waals surface area contributed by atoms with Crippen LogP contribution >= 0.6 is 15.9 Å². The van der Waals surface area contributed by atoms with Gasteiger partial charge < -0.3 is 5.73 Å². The van der Waals surface area contributed by atoms with E-state index in [4.69, 9.17) is 5.73 Å². The molecular formula is C14H17BrFN3. The predicted molar refractivity (Wildman–Crippen MR) is 77.4 cm³/mol. The van der Waals surface area contributed by atoms with Crippen molar-refractivity contribution in [2.75, 3.05) is 0 Å². The molecule has 0 saturated heterocycles. The Hall–Kier alpha value is -1.20. The van der Waals surface area contributed by atoms with Gasteiger partial charge in [0.1, 0.15) is 5.82 Å². The minimum absolute atomic E-state index is 0.211. The molecule has 1 aromatic carbocycles. The molecule has 2 N–H and O–H groups in total. The lowest BCUT2D eigenvalue weighted by molar-refractivity contribution is 0.558. The van der Waals surface area contributed by atoms with Gasteiger partial charge in [-0.2, -0.15) is 5.10 Å². The highest BCUT2D eigenvalue weighted by molar-refractivity contribution is 9.10. The van der Waals surface area contributed by atoms with Crippen molar-refractivity contribution in [3.05, 3.63) is 51.5 Å². The lowest BCUT2D eigenvalue weighted by Gasteiger charge is -2.16. The molecule has 102 valence electrons. The van der Waals surface area contributed by atoms with Gasteiger partial charge in [0.25, 0.3) is 0 Å². The summed E-state index contributed by atoms with van der Waals surface area (Å²) >= 11 is 3.48. The van der Waals surface area contributed by atoms with E-state index in [-0.39, 0.29) is 11.9 Å². The Labute approximate surface area is 120 Å². The van der Waals surface area contributed by atoms with Gasteiger partial charge in [-0.05, 0) is 46.5 Å². The molecule has 0 aliphatic rings. The molecule has 3 nitrogen and oxygen atoms in total. The number of nitrogens with zero attached hydrogens (tertiary/aromatic N) is 2. The fourth-order valence-corrected chi connectivity index (χ4v) is 2.63. The van der Waals surface area contributed by atoms with Gasteiger partial charge in [-0.3, -0.25) is 4.68 Å². The first-order valence-corrected chi connectivity index (χ1v) is 7.06. The minimum atomic E-state index is -0.317. The van der Waals surface area contributed by atoms with E-state index >= 15 is 0 Å². The van der Waals surface area contributed by atoms with Crippen LogP contribution in [0.5, 0.6) is 0 Å². The average Bonchev–Trinajstić information content (AvgIpc) is 2.74. The van der Waals surface area contributed by atoms with Crippen LogP contribution in [0.2, 0.25) is 0 Å². The fourth-order valence-electron chi connectivity index (χ4n) is 2.09. The van der Waals surface area contributed by atoms with Crippen LogP contribution in [0.4, 0.5) is 4.39 Å².